The van der Waals surface area contributed by atoms with E-state index in [2.05, 4.69) is 5.32 Å². The number of carbonyl (C=O) groups is 2. The lowest BCUT2D eigenvalue weighted by Crippen LogP contribution is -2.46. The Morgan fingerprint density at radius 3 is 2.58 bits per heavy atom. The van der Waals surface area contributed by atoms with Crippen LogP contribution in [0.1, 0.15) is 24.8 Å². The topological polar surface area (TPSA) is 61.9 Å². The number of amides is 2. The van der Waals surface area contributed by atoms with Gasteiger partial charge in [-0.05, 0) is 44.5 Å². The molecule has 2 saturated heterocycles. The Labute approximate surface area is 161 Å². The first-order valence-electron chi connectivity index (χ1n) is 8.94. The third-order valence-corrected chi connectivity index (χ3v) is 5.31. The maximum atomic E-state index is 12.8. The number of benzene rings is 1. The molecular formula is C19H28ClN3O3. The quantitative estimate of drug-likeness (QED) is 0.866. The lowest BCUT2D eigenvalue weighted by atomic mass is 10.0. The van der Waals surface area contributed by atoms with Gasteiger partial charge >= 0.3 is 0 Å². The number of aryl methyl sites for hydroxylation is 1. The van der Waals surface area contributed by atoms with Gasteiger partial charge in [-0.15, -0.1) is 12.4 Å². The Morgan fingerprint density at radius 2 is 1.96 bits per heavy atom. The van der Waals surface area contributed by atoms with E-state index in [0.29, 0.717) is 18.3 Å². The van der Waals surface area contributed by atoms with Gasteiger partial charge in [-0.25, -0.2) is 0 Å². The smallest absolute Gasteiger partial charge is 0.228 e. The summed E-state index contributed by atoms with van der Waals surface area (Å²) in [4.78, 5) is 29.0. The van der Waals surface area contributed by atoms with Crippen molar-refractivity contribution >= 4 is 29.9 Å². The molecule has 6 nitrogen and oxygen atoms in total. The molecule has 2 amide bonds. The van der Waals surface area contributed by atoms with Crippen molar-refractivity contribution in [2.75, 3.05) is 38.7 Å². The van der Waals surface area contributed by atoms with Crippen LogP contribution in [-0.4, -0.2) is 56.5 Å². The molecule has 2 heterocycles. The minimum absolute atomic E-state index is 0. The van der Waals surface area contributed by atoms with Crippen LogP contribution in [0.3, 0.4) is 0 Å². The van der Waals surface area contributed by atoms with Gasteiger partial charge in [0.2, 0.25) is 11.8 Å². The van der Waals surface area contributed by atoms with Crippen LogP contribution >= 0.6 is 12.4 Å². The van der Waals surface area contributed by atoms with E-state index in [1.54, 1.807) is 12.0 Å². The fourth-order valence-electron chi connectivity index (χ4n) is 3.76. The van der Waals surface area contributed by atoms with Gasteiger partial charge in [0.25, 0.3) is 0 Å². The molecule has 1 aromatic carbocycles. The number of anilines is 1. The number of ether oxygens (including phenoxy) is 1. The highest BCUT2D eigenvalue weighted by atomic mass is 35.5. The van der Waals surface area contributed by atoms with Gasteiger partial charge in [-0.1, -0.05) is 6.07 Å². The van der Waals surface area contributed by atoms with Crippen LogP contribution < -0.4 is 15.0 Å². The van der Waals surface area contributed by atoms with Crippen molar-refractivity contribution in [1.82, 2.24) is 10.2 Å². The largest absolute Gasteiger partial charge is 0.495 e. The molecule has 1 N–H and O–H groups in total. The van der Waals surface area contributed by atoms with Gasteiger partial charge in [0.15, 0.2) is 0 Å². The number of rotatable bonds is 4. The molecule has 0 spiro atoms. The summed E-state index contributed by atoms with van der Waals surface area (Å²) in [7, 11) is 3.56. The van der Waals surface area contributed by atoms with E-state index in [1.807, 2.05) is 37.1 Å². The zero-order valence-electron chi connectivity index (χ0n) is 15.7. The molecule has 26 heavy (non-hydrogen) atoms. The zero-order valence-corrected chi connectivity index (χ0v) is 16.5. The second kappa shape index (κ2) is 8.73. The Balaban J connectivity index is 0.00000243. The van der Waals surface area contributed by atoms with Crippen molar-refractivity contribution in [3.8, 4) is 5.75 Å². The van der Waals surface area contributed by atoms with Crippen molar-refractivity contribution in [2.45, 2.75) is 32.2 Å². The number of likely N-dealkylation sites (tertiary alicyclic amines) is 1. The molecule has 0 aromatic heterocycles. The molecule has 2 aliphatic rings. The van der Waals surface area contributed by atoms with Gasteiger partial charge in [0.1, 0.15) is 5.75 Å². The number of carbonyl (C=O) groups excluding carboxylic acids is 2. The summed E-state index contributed by atoms with van der Waals surface area (Å²) in [5, 5.41) is 3.27. The minimum atomic E-state index is -0.260. The Bertz CT molecular complexity index is 659. The number of methoxy groups -OCH3 is 1. The third kappa shape index (κ3) is 4.13. The van der Waals surface area contributed by atoms with Crippen LogP contribution in [-0.2, 0) is 9.59 Å². The first kappa shape index (κ1) is 20.5. The number of piperidine rings is 1. The van der Waals surface area contributed by atoms with Gasteiger partial charge < -0.3 is 19.9 Å². The Morgan fingerprint density at radius 1 is 1.27 bits per heavy atom. The van der Waals surface area contributed by atoms with Crippen molar-refractivity contribution in [1.29, 1.82) is 0 Å². The van der Waals surface area contributed by atoms with Crippen LogP contribution in [0.4, 0.5) is 5.69 Å². The van der Waals surface area contributed by atoms with Crippen molar-refractivity contribution in [3.05, 3.63) is 23.8 Å². The lowest BCUT2D eigenvalue weighted by Gasteiger charge is -2.33. The average Bonchev–Trinajstić information content (AvgIpc) is 3.02. The highest BCUT2D eigenvalue weighted by Gasteiger charge is 2.38. The van der Waals surface area contributed by atoms with Gasteiger partial charge in [0.05, 0.1) is 18.7 Å². The van der Waals surface area contributed by atoms with E-state index in [9.17, 15) is 9.59 Å². The van der Waals surface area contributed by atoms with E-state index in [1.165, 1.54) is 0 Å². The fraction of sp³-hybridized carbons (Fsp3) is 0.579. The highest BCUT2D eigenvalue weighted by Crippen LogP contribution is 2.34. The van der Waals surface area contributed by atoms with Crippen LogP contribution in [0.25, 0.3) is 0 Å². The first-order valence-corrected chi connectivity index (χ1v) is 8.94. The van der Waals surface area contributed by atoms with Crippen LogP contribution in [0.5, 0.6) is 5.75 Å². The Kier molecular flexibility index (Phi) is 6.89. The second-order valence-corrected chi connectivity index (χ2v) is 6.97. The van der Waals surface area contributed by atoms with Crippen LogP contribution in [0.2, 0.25) is 0 Å². The third-order valence-electron chi connectivity index (χ3n) is 5.31. The molecule has 144 valence electrons. The van der Waals surface area contributed by atoms with Crippen LogP contribution in [0, 0.1) is 12.8 Å². The normalized spacial score (nSPS) is 20.9. The maximum Gasteiger partial charge on any atom is 0.228 e. The van der Waals surface area contributed by atoms with Gasteiger partial charge in [-0.3, -0.25) is 9.59 Å². The number of nitrogens with zero attached hydrogens (tertiary/aromatic N) is 2. The predicted octanol–water partition coefficient (Wildman–Crippen LogP) is 1.99. The first-order chi connectivity index (χ1) is 12.0. The van der Waals surface area contributed by atoms with Crippen molar-refractivity contribution in [3.63, 3.8) is 0 Å². The molecule has 1 atom stereocenters. The molecule has 3 rings (SSSR count). The Hall–Kier alpha value is -1.79. The molecule has 7 heteroatoms. The number of halogens is 1. The summed E-state index contributed by atoms with van der Waals surface area (Å²) in [5.74, 6) is 0.509. The summed E-state index contributed by atoms with van der Waals surface area (Å²) in [5.41, 5.74) is 1.82. The highest BCUT2D eigenvalue weighted by molar-refractivity contribution is 6.01. The van der Waals surface area contributed by atoms with E-state index in [-0.39, 0.29) is 36.6 Å². The number of hydrogen-bond acceptors (Lipinski definition) is 4. The van der Waals surface area contributed by atoms with Crippen molar-refractivity contribution < 1.29 is 14.3 Å². The number of hydrogen-bond donors (Lipinski definition) is 1. The summed E-state index contributed by atoms with van der Waals surface area (Å²) < 4.78 is 5.40. The van der Waals surface area contributed by atoms with E-state index >= 15 is 0 Å². The molecule has 1 aromatic rings. The van der Waals surface area contributed by atoms with Gasteiger partial charge in [0, 0.05) is 32.1 Å². The molecule has 2 fully saturated rings. The minimum Gasteiger partial charge on any atom is -0.495 e. The summed E-state index contributed by atoms with van der Waals surface area (Å²) >= 11 is 0. The summed E-state index contributed by atoms with van der Waals surface area (Å²) in [6.07, 6.45) is 2.22. The molecule has 0 bridgehead atoms. The lowest BCUT2D eigenvalue weighted by molar-refractivity contribution is -0.136. The molecule has 1 unspecified atom stereocenters. The zero-order chi connectivity index (χ0) is 18.0. The van der Waals surface area contributed by atoms with E-state index in [0.717, 1.165) is 37.2 Å². The molecule has 0 radical (unpaired) electrons. The monoisotopic (exact) mass is 381 g/mol. The molecule has 2 aliphatic heterocycles. The molecule has 0 aliphatic carbocycles. The molecule has 0 saturated carbocycles. The summed E-state index contributed by atoms with van der Waals surface area (Å²) in [6, 6.07) is 6.26. The van der Waals surface area contributed by atoms with Gasteiger partial charge in [-0.2, -0.15) is 0 Å². The fourth-order valence-corrected chi connectivity index (χ4v) is 3.76. The van der Waals surface area contributed by atoms with Crippen LogP contribution in [0.15, 0.2) is 18.2 Å². The van der Waals surface area contributed by atoms with E-state index < -0.39 is 0 Å². The average molecular weight is 382 g/mol. The molecular weight excluding hydrogens is 354 g/mol. The predicted molar refractivity (Wildman–Crippen MR) is 104 cm³/mol. The standard InChI is InChI=1S/C19H27N3O3.ClH/c1-13-4-5-17(25-3)16(10-13)22-12-14(11-18(22)23)19(24)21-8-6-15(20-2)7-9-21;/h4-5,10,14-15,20H,6-9,11-12H2,1-3H3;1H. The van der Waals surface area contributed by atoms with Crippen molar-refractivity contribution in [2.24, 2.45) is 5.92 Å². The summed E-state index contributed by atoms with van der Waals surface area (Å²) in [6.45, 7) is 3.95. The van der Waals surface area contributed by atoms with E-state index in [4.69, 9.17) is 4.74 Å². The second-order valence-electron chi connectivity index (χ2n) is 6.97. The number of nitrogens with one attached hydrogen (secondary N) is 1. The maximum absolute atomic E-state index is 12.8. The SMILES string of the molecule is CNC1CCN(C(=O)C2CC(=O)N(c3cc(C)ccc3OC)C2)CC1.Cl.